The van der Waals surface area contributed by atoms with E-state index in [2.05, 4.69) is 0 Å². The van der Waals surface area contributed by atoms with Gasteiger partial charge in [-0.25, -0.2) is 4.79 Å². The largest absolute Gasteiger partial charge is 0.503 e. The summed E-state index contributed by atoms with van der Waals surface area (Å²) in [5, 5.41) is 11.4. The molecule has 1 amide bonds. The first-order chi connectivity index (χ1) is 15.0. The lowest BCUT2D eigenvalue weighted by Crippen LogP contribution is -2.29. The van der Waals surface area contributed by atoms with Crippen molar-refractivity contribution in [1.82, 2.24) is 4.90 Å². The van der Waals surface area contributed by atoms with Crippen LogP contribution in [0.3, 0.4) is 0 Å². The van der Waals surface area contributed by atoms with Crippen molar-refractivity contribution >= 4 is 29.1 Å². The van der Waals surface area contributed by atoms with Crippen LogP contribution in [-0.4, -0.2) is 29.0 Å². The molecule has 0 bridgehead atoms. The van der Waals surface area contributed by atoms with Gasteiger partial charge in [0.1, 0.15) is 0 Å². The van der Waals surface area contributed by atoms with Gasteiger partial charge in [-0.3, -0.25) is 4.79 Å². The van der Waals surface area contributed by atoms with E-state index in [0.717, 1.165) is 16.7 Å². The number of benzene rings is 3. The summed E-state index contributed by atoms with van der Waals surface area (Å²) in [6.45, 7) is 0.291. The molecule has 0 radical (unpaired) electrons. The van der Waals surface area contributed by atoms with E-state index >= 15 is 0 Å². The molecule has 0 aliphatic carbocycles. The highest BCUT2D eigenvalue weighted by atomic mass is 35.5. The Labute approximate surface area is 185 Å². The number of halogens is 1. The predicted molar refractivity (Wildman–Crippen MR) is 119 cm³/mol. The topological polar surface area (TPSA) is 66.8 Å². The maximum Gasteiger partial charge on any atom is 0.337 e. The molecule has 0 saturated heterocycles. The van der Waals surface area contributed by atoms with Gasteiger partial charge in [0.05, 0.1) is 18.7 Å². The zero-order valence-corrected chi connectivity index (χ0v) is 17.5. The van der Waals surface area contributed by atoms with Gasteiger partial charge in [0.25, 0.3) is 5.91 Å². The van der Waals surface area contributed by atoms with E-state index in [1.54, 1.807) is 41.3 Å². The number of amides is 1. The van der Waals surface area contributed by atoms with Crippen LogP contribution in [0.25, 0.3) is 5.57 Å². The quantitative estimate of drug-likeness (QED) is 0.563. The van der Waals surface area contributed by atoms with E-state index in [-0.39, 0.29) is 5.76 Å². The fourth-order valence-corrected chi connectivity index (χ4v) is 3.91. The Kier molecular flexibility index (Phi) is 5.78. The molecule has 0 aromatic heterocycles. The van der Waals surface area contributed by atoms with Gasteiger partial charge in [-0.2, -0.15) is 0 Å². The molecular weight excluding hydrogens is 414 g/mol. The Hall–Kier alpha value is -3.57. The van der Waals surface area contributed by atoms with E-state index < -0.39 is 17.9 Å². The molecule has 1 atom stereocenters. The summed E-state index contributed by atoms with van der Waals surface area (Å²) < 4.78 is 4.77. The summed E-state index contributed by atoms with van der Waals surface area (Å²) in [4.78, 5) is 26.5. The van der Waals surface area contributed by atoms with Crippen molar-refractivity contribution in [2.24, 2.45) is 0 Å². The lowest BCUT2D eigenvalue weighted by atomic mass is 9.93. The Morgan fingerprint density at radius 2 is 1.65 bits per heavy atom. The molecule has 6 heteroatoms. The number of hydrogen-bond acceptors (Lipinski definition) is 4. The van der Waals surface area contributed by atoms with Crippen molar-refractivity contribution in [3.8, 4) is 0 Å². The van der Waals surface area contributed by atoms with Gasteiger partial charge in [-0.1, -0.05) is 66.2 Å². The number of aliphatic hydroxyl groups excluding tert-OH is 1. The zero-order valence-electron chi connectivity index (χ0n) is 16.8. The number of aliphatic hydroxyl groups is 1. The van der Waals surface area contributed by atoms with Gasteiger partial charge < -0.3 is 14.7 Å². The molecule has 31 heavy (non-hydrogen) atoms. The van der Waals surface area contributed by atoms with Crippen molar-refractivity contribution in [3.63, 3.8) is 0 Å². The molecule has 3 aromatic rings. The summed E-state index contributed by atoms with van der Waals surface area (Å²) in [6.07, 6.45) is 0. The molecule has 0 spiro atoms. The highest BCUT2D eigenvalue weighted by molar-refractivity contribution is 6.30. The lowest BCUT2D eigenvalue weighted by molar-refractivity contribution is -0.130. The van der Waals surface area contributed by atoms with Gasteiger partial charge >= 0.3 is 5.97 Å². The summed E-state index contributed by atoms with van der Waals surface area (Å²) in [7, 11) is 1.33. The van der Waals surface area contributed by atoms with Crippen LogP contribution in [0.2, 0.25) is 5.02 Å². The summed E-state index contributed by atoms with van der Waals surface area (Å²) in [6, 6.07) is 22.9. The van der Waals surface area contributed by atoms with Gasteiger partial charge in [0, 0.05) is 17.1 Å². The van der Waals surface area contributed by atoms with Gasteiger partial charge in [0.2, 0.25) is 0 Å². The summed E-state index contributed by atoms with van der Waals surface area (Å²) >= 11 is 5.99. The van der Waals surface area contributed by atoms with Crippen LogP contribution in [0.4, 0.5) is 0 Å². The second-order valence-corrected chi connectivity index (χ2v) is 7.64. The molecular formula is C25H20ClNO4. The number of nitrogens with zero attached hydrogens (tertiary/aromatic N) is 1. The average molecular weight is 434 g/mol. The fourth-order valence-electron chi connectivity index (χ4n) is 3.78. The van der Waals surface area contributed by atoms with Gasteiger partial charge in [-0.05, 0) is 41.0 Å². The van der Waals surface area contributed by atoms with E-state index in [1.807, 2.05) is 42.5 Å². The highest BCUT2D eigenvalue weighted by Gasteiger charge is 2.41. The standard InChI is InChI=1S/C25H20ClNO4/c1-31-25(30)19-11-9-18(10-12-19)22-21(17-5-3-2-4-6-17)23(28)24(29)27(22)15-16-7-13-20(26)14-8-16/h2-14,22,28H,15H2,1H3. The maximum absolute atomic E-state index is 13.1. The van der Waals surface area contributed by atoms with E-state index in [0.29, 0.717) is 22.7 Å². The monoisotopic (exact) mass is 433 g/mol. The van der Waals surface area contributed by atoms with Crippen LogP contribution in [0.15, 0.2) is 84.6 Å². The molecule has 1 aliphatic rings. The number of methoxy groups -OCH3 is 1. The van der Waals surface area contributed by atoms with Gasteiger partial charge in [-0.15, -0.1) is 0 Å². The van der Waals surface area contributed by atoms with Crippen molar-refractivity contribution in [1.29, 1.82) is 0 Å². The van der Waals surface area contributed by atoms with E-state index in [1.165, 1.54) is 7.11 Å². The van der Waals surface area contributed by atoms with E-state index in [4.69, 9.17) is 16.3 Å². The maximum atomic E-state index is 13.1. The molecule has 0 saturated carbocycles. The molecule has 1 heterocycles. The average Bonchev–Trinajstić information content (AvgIpc) is 3.05. The van der Waals surface area contributed by atoms with E-state index in [9.17, 15) is 14.7 Å². The van der Waals surface area contributed by atoms with Crippen molar-refractivity contribution in [3.05, 3.63) is 112 Å². The zero-order chi connectivity index (χ0) is 22.0. The molecule has 156 valence electrons. The number of ether oxygens (including phenoxy) is 1. The third-order valence-electron chi connectivity index (χ3n) is 5.30. The molecule has 1 N–H and O–H groups in total. The van der Waals surface area contributed by atoms with Crippen LogP contribution in [0.5, 0.6) is 0 Å². The number of rotatable bonds is 5. The predicted octanol–water partition coefficient (Wildman–Crippen LogP) is 5.18. The second kappa shape index (κ2) is 8.66. The van der Waals surface area contributed by atoms with Crippen LogP contribution >= 0.6 is 11.6 Å². The molecule has 5 nitrogen and oxygen atoms in total. The third kappa shape index (κ3) is 4.05. The molecule has 4 rings (SSSR count). The molecule has 3 aromatic carbocycles. The number of esters is 1. The number of hydrogen-bond donors (Lipinski definition) is 1. The Bertz CT molecular complexity index is 1140. The van der Waals surface area contributed by atoms with Crippen LogP contribution in [-0.2, 0) is 16.1 Å². The first-order valence-electron chi connectivity index (χ1n) is 9.72. The normalized spacial score (nSPS) is 16.0. The van der Waals surface area contributed by atoms with Crippen LogP contribution in [0.1, 0.15) is 33.1 Å². The Balaban J connectivity index is 1.78. The smallest absolute Gasteiger partial charge is 0.337 e. The Morgan fingerprint density at radius 3 is 2.26 bits per heavy atom. The minimum absolute atomic E-state index is 0.276. The van der Waals surface area contributed by atoms with Crippen molar-refractivity contribution in [2.45, 2.75) is 12.6 Å². The van der Waals surface area contributed by atoms with Crippen molar-refractivity contribution in [2.75, 3.05) is 7.11 Å². The summed E-state index contributed by atoms with van der Waals surface area (Å²) in [5.74, 6) is -1.16. The lowest BCUT2D eigenvalue weighted by Gasteiger charge is -2.27. The fraction of sp³-hybridized carbons (Fsp3) is 0.120. The first-order valence-corrected chi connectivity index (χ1v) is 10.1. The van der Waals surface area contributed by atoms with Gasteiger partial charge in [0.15, 0.2) is 5.76 Å². The Morgan fingerprint density at radius 1 is 1.00 bits per heavy atom. The summed E-state index contributed by atoms with van der Waals surface area (Å²) in [5.41, 5.74) is 3.36. The van der Waals surface area contributed by atoms with Crippen molar-refractivity contribution < 1.29 is 19.4 Å². The minimum Gasteiger partial charge on any atom is -0.503 e. The number of carbonyl (C=O) groups excluding carboxylic acids is 2. The first kappa shape index (κ1) is 20.7. The highest BCUT2D eigenvalue weighted by Crippen LogP contribution is 2.43. The number of carbonyl (C=O) groups is 2. The SMILES string of the molecule is COC(=O)c1ccc(C2C(c3ccccc3)=C(O)C(=O)N2Cc2ccc(Cl)cc2)cc1. The van der Waals surface area contributed by atoms with Crippen LogP contribution < -0.4 is 0 Å². The third-order valence-corrected chi connectivity index (χ3v) is 5.55. The molecule has 1 unspecified atom stereocenters. The molecule has 0 fully saturated rings. The van der Waals surface area contributed by atoms with Crippen LogP contribution in [0, 0.1) is 0 Å². The second-order valence-electron chi connectivity index (χ2n) is 7.20. The molecule has 1 aliphatic heterocycles. The minimum atomic E-state index is -0.516.